The molecule has 0 atom stereocenters. The Hall–Kier alpha value is -2.94. The van der Waals surface area contributed by atoms with Crippen molar-refractivity contribution in [2.45, 2.75) is 32.2 Å². The first kappa shape index (κ1) is 20.8. The van der Waals surface area contributed by atoms with Crippen molar-refractivity contribution < 1.29 is 18.3 Å². The van der Waals surface area contributed by atoms with Crippen LogP contribution >= 0.6 is 11.8 Å². The molecule has 0 aliphatic heterocycles. The molecule has 0 aliphatic rings. The highest BCUT2D eigenvalue weighted by molar-refractivity contribution is 7.99. The van der Waals surface area contributed by atoms with Crippen molar-refractivity contribution in [1.29, 1.82) is 0 Å². The molecule has 0 aliphatic carbocycles. The molecule has 0 saturated heterocycles. The summed E-state index contributed by atoms with van der Waals surface area (Å²) in [7, 11) is 0. The second-order valence-electron chi connectivity index (χ2n) is 6.13. The molecule has 6 nitrogen and oxygen atoms in total. The number of nitrogens with one attached hydrogen (secondary N) is 1. The number of hydrogen-bond acceptors (Lipinski definition) is 5. The second kappa shape index (κ2) is 9.51. The maximum atomic E-state index is 12.5. The molecule has 3 aromatic rings. The number of carbonyl (C=O) groups is 1. The first-order valence-electron chi connectivity index (χ1n) is 8.94. The van der Waals surface area contributed by atoms with Gasteiger partial charge < -0.3 is 14.6 Å². The van der Waals surface area contributed by atoms with Gasteiger partial charge in [0.25, 0.3) is 0 Å². The molecular formula is C20H20F2N4O2S. The maximum Gasteiger partial charge on any atom is 0.387 e. The van der Waals surface area contributed by atoms with Crippen molar-refractivity contribution in [3.8, 4) is 17.1 Å². The second-order valence-corrected chi connectivity index (χ2v) is 7.07. The highest BCUT2D eigenvalue weighted by atomic mass is 32.2. The fraction of sp³-hybridized carbons (Fsp3) is 0.250. The maximum absolute atomic E-state index is 12.5. The van der Waals surface area contributed by atoms with Crippen LogP contribution in [0.15, 0.2) is 53.7 Å². The zero-order chi connectivity index (χ0) is 20.8. The topological polar surface area (TPSA) is 69.0 Å². The van der Waals surface area contributed by atoms with Crippen molar-refractivity contribution in [1.82, 2.24) is 14.8 Å². The van der Waals surface area contributed by atoms with Crippen molar-refractivity contribution in [3.63, 3.8) is 0 Å². The molecule has 0 saturated carbocycles. The van der Waals surface area contributed by atoms with Crippen molar-refractivity contribution in [2.75, 3.05) is 11.1 Å². The van der Waals surface area contributed by atoms with Crippen LogP contribution in [-0.4, -0.2) is 33.0 Å². The van der Waals surface area contributed by atoms with E-state index < -0.39 is 6.61 Å². The molecule has 1 heterocycles. The number of halogens is 2. The molecule has 0 radical (unpaired) electrons. The van der Waals surface area contributed by atoms with E-state index in [4.69, 9.17) is 0 Å². The lowest BCUT2D eigenvalue weighted by atomic mass is 10.1. The molecule has 9 heteroatoms. The third kappa shape index (κ3) is 5.32. The first-order chi connectivity index (χ1) is 14.0. The number of para-hydroxylation sites is 2. The standard InChI is InChI=1S/C20H20F2N4O2S/c1-3-26-18(14-8-6-7-13(2)11-14)24-25-20(26)29-12-17(27)23-15-9-4-5-10-16(15)28-19(21)22/h4-11,19H,3,12H2,1-2H3,(H,23,27). The highest BCUT2D eigenvalue weighted by Crippen LogP contribution is 2.27. The summed E-state index contributed by atoms with van der Waals surface area (Å²) in [6, 6.07) is 14.0. The van der Waals surface area contributed by atoms with Crippen LogP contribution in [0.25, 0.3) is 11.4 Å². The number of ether oxygens (including phenoxy) is 1. The van der Waals surface area contributed by atoms with E-state index >= 15 is 0 Å². The Morgan fingerprint density at radius 2 is 2.00 bits per heavy atom. The van der Waals surface area contributed by atoms with Crippen molar-refractivity contribution >= 4 is 23.4 Å². The number of rotatable bonds is 8. The van der Waals surface area contributed by atoms with Gasteiger partial charge in [-0.05, 0) is 32.0 Å². The van der Waals surface area contributed by atoms with Gasteiger partial charge in [-0.15, -0.1) is 10.2 Å². The summed E-state index contributed by atoms with van der Waals surface area (Å²) in [5.41, 5.74) is 2.26. The molecule has 29 heavy (non-hydrogen) atoms. The van der Waals surface area contributed by atoms with Gasteiger partial charge in [-0.25, -0.2) is 0 Å². The average molecular weight is 418 g/mol. The van der Waals surface area contributed by atoms with Crippen LogP contribution in [0.4, 0.5) is 14.5 Å². The minimum atomic E-state index is -2.97. The van der Waals surface area contributed by atoms with E-state index in [0.717, 1.165) is 17.0 Å². The van der Waals surface area contributed by atoms with E-state index in [2.05, 4.69) is 20.3 Å². The third-order valence-corrected chi connectivity index (χ3v) is 4.99. The number of aryl methyl sites for hydroxylation is 1. The first-order valence-corrected chi connectivity index (χ1v) is 9.93. The van der Waals surface area contributed by atoms with E-state index in [1.54, 1.807) is 12.1 Å². The Balaban J connectivity index is 1.68. The number of hydrogen-bond donors (Lipinski definition) is 1. The molecular weight excluding hydrogens is 398 g/mol. The van der Waals surface area contributed by atoms with Gasteiger partial charge in [-0.1, -0.05) is 47.7 Å². The number of benzene rings is 2. The van der Waals surface area contributed by atoms with Crippen LogP contribution in [0.1, 0.15) is 12.5 Å². The lowest BCUT2D eigenvalue weighted by Crippen LogP contribution is -2.16. The monoisotopic (exact) mass is 418 g/mol. The van der Waals surface area contributed by atoms with Crippen LogP contribution in [0.2, 0.25) is 0 Å². The van der Waals surface area contributed by atoms with E-state index in [0.29, 0.717) is 11.7 Å². The van der Waals surface area contributed by atoms with Gasteiger partial charge in [-0.3, -0.25) is 4.79 Å². The molecule has 0 fully saturated rings. The molecule has 0 spiro atoms. The molecule has 152 valence electrons. The molecule has 3 rings (SSSR count). The molecule has 0 unspecified atom stereocenters. The van der Waals surface area contributed by atoms with Gasteiger partial charge in [0, 0.05) is 12.1 Å². The molecule has 2 aromatic carbocycles. The van der Waals surface area contributed by atoms with Gasteiger partial charge in [-0.2, -0.15) is 8.78 Å². The van der Waals surface area contributed by atoms with E-state index in [-0.39, 0.29) is 23.1 Å². The van der Waals surface area contributed by atoms with Crippen molar-refractivity contribution in [2.24, 2.45) is 0 Å². The van der Waals surface area contributed by atoms with Crippen LogP contribution < -0.4 is 10.1 Å². The summed E-state index contributed by atoms with van der Waals surface area (Å²) in [5.74, 6) is 0.340. The third-order valence-electron chi connectivity index (χ3n) is 4.02. The lowest BCUT2D eigenvalue weighted by Gasteiger charge is -2.11. The smallest absolute Gasteiger partial charge is 0.387 e. The Morgan fingerprint density at radius 3 is 2.72 bits per heavy atom. The number of carbonyl (C=O) groups excluding carboxylic acids is 1. The number of aromatic nitrogens is 3. The van der Waals surface area contributed by atoms with E-state index in [9.17, 15) is 13.6 Å². The molecule has 1 N–H and O–H groups in total. The SMILES string of the molecule is CCn1c(SCC(=O)Nc2ccccc2OC(F)F)nnc1-c1cccc(C)c1. The highest BCUT2D eigenvalue weighted by Gasteiger charge is 2.16. The Morgan fingerprint density at radius 1 is 1.21 bits per heavy atom. The van der Waals surface area contributed by atoms with Crippen LogP contribution in [-0.2, 0) is 11.3 Å². The van der Waals surface area contributed by atoms with Gasteiger partial charge in [0.1, 0.15) is 5.75 Å². The number of anilines is 1. The number of amides is 1. The zero-order valence-electron chi connectivity index (χ0n) is 15.9. The summed E-state index contributed by atoms with van der Waals surface area (Å²) < 4.78 is 31.4. The van der Waals surface area contributed by atoms with Crippen LogP contribution in [0, 0.1) is 6.92 Å². The Bertz CT molecular complexity index is 994. The summed E-state index contributed by atoms with van der Waals surface area (Å²) >= 11 is 1.23. The normalized spacial score (nSPS) is 10.9. The molecule has 0 bridgehead atoms. The molecule has 1 amide bonds. The van der Waals surface area contributed by atoms with Gasteiger partial charge >= 0.3 is 6.61 Å². The van der Waals surface area contributed by atoms with Gasteiger partial charge in [0.15, 0.2) is 11.0 Å². The summed E-state index contributed by atoms with van der Waals surface area (Å²) in [6.07, 6.45) is 0. The quantitative estimate of drug-likeness (QED) is 0.541. The van der Waals surface area contributed by atoms with E-state index in [1.807, 2.05) is 42.7 Å². The predicted octanol–water partition coefficient (Wildman–Crippen LogP) is 4.61. The zero-order valence-corrected chi connectivity index (χ0v) is 16.7. The lowest BCUT2D eigenvalue weighted by molar-refractivity contribution is -0.113. The number of alkyl halides is 2. The number of thioether (sulfide) groups is 1. The van der Waals surface area contributed by atoms with E-state index in [1.165, 1.54) is 23.9 Å². The largest absolute Gasteiger partial charge is 0.433 e. The average Bonchev–Trinajstić information content (AvgIpc) is 3.10. The minimum absolute atomic E-state index is 0.0506. The molecule has 1 aromatic heterocycles. The minimum Gasteiger partial charge on any atom is -0.433 e. The summed E-state index contributed by atoms with van der Waals surface area (Å²) in [4.78, 5) is 12.3. The Kier molecular flexibility index (Phi) is 6.82. The predicted molar refractivity (Wildman–Crippen MR) is 108 cm³/mol. The van der Waals surface area contributed by atoms with Crippen molar-refractivity contribution in [3.05, 3.63) is 54.1 Å². The summed E-state index contributed by atoms with van der Waals surface area (Å²) in [6.45, 7) is 1.66. The van der Waals surface area contributed by atoms with Gasteiger partial charge in [0.2, 0.25) is 5.91 Å². The number of nitrogens with zero attached hydrogens (tertiary/aromatic N) is 3. The fourth-order valence-electron chi connectivity index (χ4n) is 2.76. The fourth-order valence-corrected chi connectivity index (χ4v) is 3.57. The van der Waals surface area contributed by atoms with Crippen LogP contribution in [0.5, 0.6) is 5.75 Å². The summed E-state index contributed by atoms with van der Waals surface area (Å²) in [5, 5.41) is 11.7. The van der Waals surface area contributed by atoms with Gasteiger partial charge in [0.05, 0.1) is 11.4 Å². The Labute approximate surface area is 171 Å². The van der Waals surface area contributed by atoms with Crippen LogP contribution in [0.3, 0.4) is 0 Å².